The first kappa shape index (κ1) is 10.9. The van der Waals surface area contributed by atoms with E-state index in [1.54, 1.807) is 0 Å². The number of hydrogen-bond donors (Lipinski definition) is 1. The van der Waals surface area contributed by atoms with E-state index in [0.29, 0.717) is 10.8 Å². The van der Waals surface area contributed by atoms with Gasteiger partial charge in [0, 0.05) is 10.0 Å². The zero-order valence-corrected chi connectivity index (χ0v) is 10.6. The van der Waals surface area contributed by atoms with Gasteiger partial charge in [-0.1, -0.05) is 29.3 Å². The van der Waals surface area contributed by atoms with E-state index in [2.05, 4.69) is 0 Å². The summed E-state index contributed by atoms with van der Waals surface area (Å²) in [4.78, 5) is 0. The minimum atomic E-state index is 0.466. The van der Waals surface area contributed by atoms with Crippen molar-refractivity contribution in [1.29, 1.82) is 0 Å². The Labute approximate surface area is 106 Å². The molecule has 0 unspecified atom stereocenters. The lowest BCUT2D eigenvalue weighted by atomic mass is 9.34. The summed E-state index contributed by atoms with van der Waals surface area (Å²) >= 11 is 12.4. The summed E-state index contributed by atoms with van der Waals surface area (Å²) in [6.45, 7) is 0.838. The van der Waals surface area contributed by atoms with Crippen LogP contribution in [0.4, 0.5) is 0 Å². The van der Waals surface area contributed by atoms with Gasteiger partial charge in [-0.2, -0.15) is 0 Å². The Morgan fingerprint density at radius 2 is 1.62 bits per heavy atom. The van der Waals surface area contributed by atoms with Crippen molar-refractivity contribution in [3.8, 4) is 0 Å². The molecule has 86 valence electrons. The van der Waals surface area contributed by atoms with Gasteiger partial charge in [-0.15, -0.1) is 0 Å². The number of rotatable bonds is 3. The minimum Gasteiger partial charge on any atom is -0.330 e. The fraction of sp³-hybridized carbons (Fsp3) is 0.538. The number of hydrogen-bond acceptors (Lipinski definition) is 1. The summed E-state index contributed by atoms with van der Waals surface area (Å²) in [7, 11) is 0. The van der Waals surface area contributed by atoms with E-state index < -0.39 is 0 Å². The quantitative estimate of drug-likeness (QED) is 0.877. The lowest BCUT2D eigenvalue weighted by Crippen LogP contribution is -2.65. The third-order valence-electron chi connectivity index (χ3n) is 4.30. The van der Waals surface area contributed by atoms with Gasteiger partial charge >= 0.3 is 0 Å². The van der Waals surface area contributed by atoms with E-state index in [4.69, 9.17) is 28.9 Å². The van der Waals surface area contributed by atoms with Crippen molar-refractivity contribution < 1.29 is 0 Å². The molecule has 0 amide bonds. The Hall–Kier alpha value is -0.240. The molecule has 2 bridgehead atoms. The zero-order valence-electron chi connectivity index (χ0n) is 9.10. The molecule has 0 saturated heterocycles. The minimum absolute atomic E-state index is 0.466. The Balaban J connectivity index is 1.78. The van der Waals surface area contributed by atoms with Gasteiger partial charge in [-0.3, -0.25) is 0 Å². The largest absolute Gasteiger partial charge is 0.330 e. The first-order valence-corrected chi connectivity index (χ1v) is 6.47. The molecule has 0 aromatic heterocycles. The molecular formula is C13H15Cl2N. The molecule has 0 atom stereocenters. The van der Waals surface area contributed by atoms with E-state index in [0.717, 1.165) is 28.6 Å². The van der Waals surface area contributed by atoms with E-state index in [9.17, 15) is 0 Å². The average Bonchev–Trinajstić information content (AvgIpc) is 2.13. The van der Waals surface area contributed by atoms with E-state index in [-0.39, 0.29) is 0 Å². The number of benzene rings is 1. The Morgan fingerprint density at radius 3 is 2.12 bits per heavy atom. The summed E-state index contributed by atoms with van der Waals surface area (Å²) in [6, 6.07) is 5.75. The number of halogens is 2. The highest BCUT2D eigenvalue weighted by molar-refractivity contribution is 6.36. The van der Waals surface area contributed by atoms with Gasteiger partial charge < -0.3 is 5.73 Å². The van der Waals surface area contributed by atoms with Crippen LogP contribution in [-0.2, 0) is 6.42 Å². The van der Waals surface area contributed by atoms with E-state index >= 15 is 0 Å². The van der Waals surface area contributed by atoms with Crippen LogP contribution < -0.4 is 5.73 Å². The molecule has 2 N–H and O–H groups in total. The van der Waals surface area contributed by atoms with Gasteiger partial charge in [0.15, 0.2) is 0 Å². The summed E-state index contributed by atoms with van der Waals surface area (Å²) in [5, 5.41) is 1.61. The summed E-state index contributed by atoms with van der Waals surface area (Å²) in [5.74, 6) is 0. The zero-order chi connectivity index (χ0) is 11.4. The van der Waals surface area contributed by atoms with Crippen LogP contribution in [0.15, 0.2) is 18.2 Å². The van der Waals surface area contributed by atoms with Crippen LogP contribution in [0.3, 0.4) is 0 Å². The van der Waals surface area contributed by atoms with Gasteiger partial charge in [0.05, 0.1) is 0 Å². The van der Waals surface area contributed by atoms with Crippen molar-refractivity contribution >= 4 is 23.2 Å². The monoisotopic (exact) mass is 255 g/mol. The summed E-state index contributed by atoms with van der Waals surface area (Å²) in [6.07, 6.45) is 4.81. The van der Waals surface area contributed by atoms with Crippen LogP contribution in [0, 0.1) is 10.8 Å². The molecule has 3 aliphatic carbocycles. The van der Waals surface area contributed by atoms with Crippen molar-refractivity contribution in [1.82, 2.24) is 0 Å². The first-order chi connectivity index (χ1) is 7.58. The molecular weight excluding hydrogens is 241 g/mol. The Kier molecular flexibility index (Phi) is 2.30. The normalized spacial score (nSPS) is 35.4. The fourth-order valence-electron chi connectivity index (χ4n) is 3.71. The van der Waals surface area contributed by atoms with Crippen LogP contribution in [-0.4, -0.2) is 6.54 Å². The molecule has 3 saturated carbocycles. The highest BCUT2D eigenvalue weighted by atomic mass is 35.5. The molecule has 3 aliphatic rings. The van der Waals surface area contributed by atoms with Crippen LogP contribution in [0.5, 0.6) is 0 Å². The fourth-order valence-corrected chi connectivity index (χ4v) is 4.24. The molecule has 0 radical (unpaired) electrons. The second-order valence-corrected chi connectivity index (χ2v) is 6.43. The summed E-state index contributed by atoms with van der Waals surface area (Å²) < 4.78 is 0. The van der Waals surface area contributed by atoms with Crippen LogP contribution in [0.25, 0.3) is 0 Å². The van der Waals surface area contributed by atoms with Gasteiger partial charge in [0.1, 0.15) is 0 Å². The van der Waals surface area contributed by atoms with Crippen LogP contribution >= 0.6 is 23.2 Å². The molecule has 3 heteroatoms. The van der Waals surface area contributed by atoms with E-state index in [1.807, 2.05) is 18.2 Å². The lowest BCUT2D eigenvalue weighted by Gasteiger charge is -2.71. The maximum atomic E-state index is 6.19. The molecule has 1 aromatic carbocycles. The highest BCUT2D eigenvalue weighted by Crippen LogP contribution is 2.74. The second kappa shape index (κ2) is 3.38. The van der Waals surface area contributed by atoms with Gasteiger partial charge in [0.2, 0.25) is 0 Å². The maximum absolute atomic E-state index is 6.19. The molecule has 0 spiro atoms. The van der Waals surface area contributed by atoms with E-state index in [1.165, 1.54) is 19.3 Å². The molecule has 16 heavy (non-hydrogen) atoms. The van der Waals surface area contributed by atoms with Crippen molar-refractivity contribution in [3.05, 3.63) is 33.8 Å². The average molecular weight is 256 g/mol. The van der Waals surface area contributed by atoms with Crippen LogP contribution in [0.1, 0.15) is 24.8 Å². The third kappa shape index (κ3) is 1.42. The SMILES string of the molecule is NCC12CC(Cc3c(Cl)cccc3Cl)(C1)C2. The molecule has 1 aromatic rings. The predicted molar refractivity (Wildman–Crippen MR) is 67.9 cm³/mol. The van der Waals surface area contributed by atoms with Gasteiger partial charge in [-0.05, 0) is 60.8 Å². The number of nitrogens with two attached hydrogens (primary N) is 1. The van der Waals surface area contributed by atoms with Gasteiger partial charge in [-0.25, -0.2) is 0 Å². The van der Waals surface area contributed by atoms with Crippen molar-refractivity contribution in [2.45, 2.75) is 25.7 Å². The Bertz CT molecular complexity index is 402. The van der Waals surface area contributed by atoms with Crippen molar-refractivity contribution in [2.75, 3.05) is 6.54 Å². The second-order valence-electron chi connectivity index (χ2n) is 5.61. The maximum Gasteiger partial charge on any atom is 0.0453 e. The lowest BCUT2D eigenvalue weighted by molar-refractivity contribution is -0.195. The smallest absolute Gasteiger partial charge is 0.0453 e. The predicted octanol–water partition coefficient (Wildman–Crippen LogP) is 3.66. The molecule has 4 rings (SSSR count). The molecule has 3 fully saturated rings. The first-order valence-electron chi connectivity index (χ1n) is 5.71. The van der Waals surface area contributed by atoms with Crippen LogP contribution in [0.2, 0.25) is 10.0 Å². The van der Waals surface area contributed by atoms with Crippen molar-refractivity contribution in [2.24, 2.45) is 16.6 Å². The summed E-state index contributed by atoms with van der Waals surface area (Å²) in [5.41, 5.74) is 7.83. The standard InChI is InChI=1S/C13H15Cl2N/c14-10-2-1-3-11(15)9(10)4-12-5-13(6-12,7-12)8-16/h1-3H,4-8,16H2. The third-order valence-corrected chi connectivity index (χ3v) is 5.00. The Morgan fingerprint density at radius 1 is 1.06 bits per heavy atom. The van der Waals surface area contributed by atoms with Gasteiger partial charge in [0.25, 0.3) is 0 Å². The molecule has 0 aliphatic heterocycles. The molecule has 1 nitrogen and oxygen atoms in total. The van der Waals surface area contributed by atoms with Crippen molar-refractivity contribution in [3.63, 3.8) is 0 Å². The topological polar surface area (TPSA) is 26.0 Å². The highest BCUT2D eigenvalue weighted by Gasteiger charge is 2.66. The molecule has 0 heterocycles.